The minimum atomic E-state index is -0.0471. The zero-order valence-electron chi connectivity index (χ0n) is 14.4. The number of benzene rings is 2. The van der Waals surface area contributed by atoms with Crippen LogP contribution in [-0.4, -0.2) is 16.9 Å². The Morgan fingerprint density at radius 1 is 1.16 bits per heavy atom. The van der Waals surface area contributed by atoms with Gasteiger partial charge in [-0.05, 0) is 56.5 Å². The molecule has 1 N–H and O–H groups in total. The van der Waals surface area contributed by atoms with Crippen LogP contribution in [-0.2, 0) is 6.42 Å². The van der Waals surface area contributed by atoms with Gasteiger partial charge in [0.15, 0.2) is 0 Å². The van der Waals surface area contributed by atoms with Gasteiger partial charge in [0.2, 0.25) is 0 Å². The van der Waals surface area contributed by atoms with Gasteiger partial charge >= 0.3 is 0 Å². The van der Waals surface area contributed by atoms with Gasteiger partial charge in [0.05, 0.1) is 11.1 Å². The maximum atomic E-state index is 12.8. The molecule has 3 aromatic rings. The number of hydrogen-bond donors (Lipinski definition) is 1. The topological polar surface area (TPSA) is 42.0 Å². The fourth-order valence-corrected chi connectivity index (χ4v) is 3.28. The molecule has 0 aliphatic heterocycles. The van der Waals surface area contributed by atoms with Gasteiger partial charge in [-0.3, -0.25) is 9.78 Å². The summed E-state index contributed by atoms with van der Waals surface area (Å²) in [5, 5.41) is 3.99. The molecule has 0 radical (unpaired) electrons. The van der Waals surface area contributed by atoms with E-state index in [1.165, 1.54) is 5.56 Å². The normalized spacial score (nSPS) is 12.1. The Hall–Kier alpha value is -2.20. The standard InChI is InChI=1S/C21H21BrN2O/c1-14(8-9-16-6-4-3-5-7-16)24-21(25)19-12-15(2)23-20-11-10-17(22)13-18(19)20/h3-7,10-14H,8-9H2,1-2H3,(H,24,25)/t14-/m1/s1. The molecular formula is C21H21BrN2O. The van der Waals surface area contributed by atoms with Crippen molar-refractivity contribution in [2.24, 2.45) is 0 Å². The summed E-state index contributed by atoms with van der Waals surface area (Å²) >= 11 is 3.48. The number of carbonyl (C=O) groups is 1. The third-order valence-electron chi connectivity index (χ3n) is 4.23. The molecule has 25 heavy (non-hydrogen) atoms. The van der Waals surface area contributed by atoms with Crippen molar-refractivity contribution in [2.45, 2.75) is 32.7 Å². The zero-order chi connectivity index (χ0) is 17.8. The molecule has 0 saturated carbocycles. The Balaban J connectivity index is 1.74. The van der Waals surface area contributed by atoms with E-state index in [0.29, 0.717) is 5.56 Å². The molecule has 0 saturated heterocycles. The summed E-state index contributed by atoms with van der Waals surface area (Å²) in [6, 6.07) is 18.1. The average Bonchev–Trinajstić information content (AvgIpc) is 2.60. The molecule has 4 heteroatoms. The minimum Gasteiger partial charge on any atom is -0.350 e. The van der Waals surface area contributed by atoms with Gasteiger partial charge in [0.25, 0.3) is 5.91 Å². The van der Waals surface area contributed by atoms with E-state index in [9.17, 15) is 4.79 Å². The van der Waals surface area contributed by atoms with Crippen molar-refractivity contribution in [3.05, 3.63) is 75.9 Å². The molecule has 3 rings (SSSR count). The molecule has 1 heterocycles. The van der Waals surface area contributed by atoms with Crippen LogP contribution in [0.1, 0.15) is 35.0 Å². The molecule has 0 fully saturated rings. The van der Waals surface area contributed by atoms with Crippen LogP contribution in [0.25, 0.3) is 10.9 Å². The smallest absolute Gasteiger partial charge is 0.252 e. The molecule has 3 nitrogen and oxygen atoms in total. The minimum absolute atomic E-state index is 0.0471. The van der Waals surface area contributed by atoms with Crippen LogP contribution in [0.5, 0.6) is 0 Å². The first kappa shape index (κ1) is 17.6. The van der Waals surface area contributed by atoms with E-state index >= 15 is 0 Å². The number of amides is 1. The summed E-state index contributed by atoms with van der Waals surface area (Å²) in [5.74, 6) is -0.0471. The van der Waals surface area contributed by atoms with E-state index in [2.05, 4.69) is 38.4 Å². The molecule has 0 aliphatic rings. The van der Waals surface area contributed by atoms with Gasteiger partial charge < -0.3 is 5.32 Å². The number of pyridine rings is 1. The summed E-state index contributed by atoms with van der Waals surface area (Å²) < 4.78 is 0.942. The number of nitrogens with one attached hydrogen (secondary N) is 1. The van der Waals surface area contributed by atoms with Gasteiger partial charge in [-0.1, -0.05) is 46.3 Å². The molecule has 0 unspecified atom stereocenters. The SMILES string of the molecule is Cc1cc(C(=O)N[C@H](C)CCc2ccccc2)c2cc(Br)ccc2n1. The lowest BCUT2D eigenvalue weighted by atomic mass is 10.0. The molecule has 128 valence electrons. The lowest BCUT2D eigenvalue weighted by Crippen LogP contribution is -2.33. The van der Waals surface area contributed by atoms with E-state index in [1.807, 2.05) is 56.3 Å². The Morgan fingerprint density at radius 3 is 2.68 bits per heavy atom. The van der Waals surface area contributed by atoms with Crippen LogP contribution in [0.15, 0.2) is 59.1 Å². The average molecular weight is 397 g/mol. The second-order valence-corrected chi connectivity index (χ2v) is 7.29. The second-order valence-electron chi connectivity index (χ2n) is 6.37. The first-order valence-corrected chi connectivity index (χ1v) is 9.24. The van der Waals surface area contributed by atoms with Crippen molar-refractivity contribution in [3.63, 3.8) is 0 Å². The van der Waals surface area contributed by atoms with Crippen LogP contribution in [0.3, 0.4) is 0 Å². The van der Waals surface area contributed by atoms with Crippen LogP contribution in [0, 0.1) is 6.92 Å². The third kappa shape index (κ3) is 4.45. The van der Waals surface area contributed by atoms with Gasteiger partial charge in [-0.25, -0.2) is 0 Å². The van der Waals surface area contributed by atoms with Gasteiger partial charge in [0.1, 0.15) is 0 Å². The number of hydrogen-bond acceptors (Lipinski definition) is 2. The van der Waals surface area contributed by atoms with Crippen LogP contribution in [0.2, 0.25) is 0 Å². The summed E-state index contributed by atoms with van der Waals surface area (Å²) in [7, 11) is 0. The number of nitrogens with zero attached hydrogens (tertiary/aromatic N) is 1. The van der Waals surface area contributed by atoms with Gasteiger partial charge in [0, 0.05) is 21.6 Å². The maximum Gasteiger partial charge on any atom is 0.252 e. The quantitative estimate of drug-likeness (QED) is 0.654. The number of aryl methyl sites for hydroxylation is 2. The molecule has 1 atom stereocenters. The van der Waals surface area contributed by atoms with Crippen molar-refractivity contribution in [3.8, 4) is 0 Å². The Morgan fingerprint density at radius 2 is 1.92 bits per heavy atom. The molecule has 0 aliphatic carbocycles. The zero-order valence-corrected chi connectivity index (χ0v) is 16.0. The Bertz CT molecular complexity index is 893. The molecule has 1 amide bonds. The lowest BCUT2D eigenvalue weighted by molar-refractivity contribution is 0.0940. The van der Waals surface area contributed by atoms with Crippen molar-refractivity contribution in [1.29, 1.82) is 0 Å². The molecule has 0 bridgehead atoms. The van der Waals surface area contributed by atoms with Crippen molar-refractivity contribution < 1.29 is 4.79 Å². The van der Waals surface area contributed by atoms with E-state index in [4.69, 9.17) is 0 Å². The van der Waals surface area contributed by atoms with E-state index in [-0.39, 0.29) is 11.9 Å². The number of aromatic nitrogens is 1. The van der Waals surface area contributed by atoms with Gasteiger partial charge in [-0.15, -0.1) is 0 Å². The van der Waals surface area contributed by atoms with E-state index in [0.717, 1.165) is 33.9 Å². The van der Waals surface area contributed by atoms with Crippen molar-refractivity contribution in [2.75, 3.05) is 0 Å². The highest BCUT2D eigenvalue weighted by Gasteiger charge is 2.14. The fraction of sp³-hybridized carbons (Fsp3) is 0.238. The van der Waals surface area contributed by atoms with Crippen LogP contribution in [0.4, 0.5) is 0 Å². The number of fused-ring (bicyclic) bond motifs is 1. The fourth-order valence-electron chi connectivity index (χ4n) is 2.92. The highest BCUT2D eigenvalue weighted by Crippen LogP contribution is 2.23. The van der Waals surface area contributed by atoms with E-state index in [1.54, 1.807) is 0 Å². The third-order valence-corrected chi connectivity index (χ3v) is 4.72. The maximum absolute atomic E-state index is 12.8. The van der Waals surface area contributed by atoms with E-state index < -0.39 is 0 Å². The summed E-state index contributed by atoms with van der Waals surface area (Å²) in [5.41, 5.74) is 3.65. The highest BCUT2D eigenvalue weighted by atomic mass is 79.9. The summed E-state index contributed by atoms with van der Waals surface area (Å²) in [6.45, 7) is 3.96. The lowest BCUT2D eigenvalue weighted by Gasteiger charge is -2.15. The van der Waals surface area contributed by atoms with Crippen molar-refractivity contribution >= 4 is 32.7 Å². The Labute approximate surface area is 156 Å². The molecular weight excluding hydrogens is 376 g/mol. The predicted octanol–water partition coefficient (Wildman–Crippen LogP) is 5.06. The first-order valence-electron chi connectivity index (χ1n) is 8.44. The van der Waals surface area contributed by atoms with Crippen LogP contribution < -0.4 is 5.32 Å². The molecule has 1 aromatic heterocycles. The number of rotatable bonds is 5. The van der Waals surface area contributed by atoms with Crippen LogP contribution >= 0.6 is 15.9 Å². The number of halogens is 1. The summed E-state index contributed by atoms with van der Waals surface area (Å²) in [4.78, 5) is 17.3. The predicted molar refractivity (Wildman–Crippen MR) is 106 cm³/mol. The van der Waals surface area contributed by atoms with Crippen molar-refractivity contribution in [1.82, 2.24) is 10.3 Å². The molecule has 0 spiro atoms. The van der Waals surface area contributed by atoms with Gasteiger partial charge in [-0.2, -0.15) is 0 Å². The first-order chi connectivity index (χ1) is 12.0. The summed E-state index contributed by atoms with van der Waals surface area (Å²) in [6.07, 6.45) is 1.85. The monoisotopic (exact) mass is 396 g/mol. The highest BCUT2D eigenvalue weighted by molar-refractivity contribution is 9.10. The largest absolute Gasteiger partial charge is 0.350 e. The number of carbonyl (C=O) groups excluding carboxylic acids is 1. The second kappa shape index (κ2) is 7.79. The molecule has 2 aromatic carbocycles. The Kier molecular flexibility index (Phi) is 5.49.